The molecule has 0 saturated carbocycles. The van der Waals surface area contributed by atoms with E-state index in [0.29, 0.717) is 43.5 Å². The standard InChI is InChI=1S/C25H30N2O5S/c1-26(19-21-8-12-23-24(18-21)32-17-16-31-23)25(28)13-9-20-6-10-22(11-7-20)33(29,30)27-14-4-2-3-5-15-27/h6-13,18H,2-5,14-17,19H2,1H3/b13-9+. The highest BCUT2D eigenvalue weighted by atomic mass is 32.2. The number of likely N-dealkylation sites (N-methyl/N-ethyl adjacent to an activating group) is 1. The first-order valence-corrected chi connectivity index (χ1v) is 12.8. The molecule has 8 heteroatoms. The molecule has 0 bridgehead atoms. The lowest BCUT2D eigenvalue weighted by atomic mass is 10.1. The number of ether oxygens (including phenoxy) is 2. The van der Waals surface area contributed by atoms with Crippen LogP contribution in [0, 0.1) is 0 Å². The van der Waals surface area contributed by atoms with Gasteiger partial charge in [0.2, 0.25) is 15.9 Å². The number of carbonyl (C=O) groups is 1. The second kappa shape index (κ2) is 10.4. The van der Waals surface area contributed by atoms with E-state index in [1.165, 1.54) is 6.08 Å². The molecule has 4 rings (SSSR count). The normalized spacial score (nSPS) is 17.0. The second-order valence-corrected chi connectivity index (χ2v) is 10.3. The average Bonchev–Trinajstić information content (AvgIpc) is 3.13. The highest BCUT2D eigenvalue weighted by Gasteiger charge is 2.24. The van der Waals surface area contributed by atoms with Gasteiger partial charge < -0.3 is 14.4 Å². The number of fused-ring (bicyclic) bond motifs is 1. The topological polar surface area (TPSA) is 76.1 Å². The number of carbonyl (C=O) groups excluding carboxylic acids is 1. The Bertz CT molecular complexity index is 1100. The number of benzene rings is 2. The third-order valence-corrected chi connectivity index (χ3v) is 7.82. The Morgan fingerprint density at radius 1 is 0.970 bits per heavy atom. The van der Waals surface area contributed by atoms with Gasteiger partial charge in [0.15, 0.2) is 11.5 Å². The van der Waals surface area contributed by atoms with Crippen molar-refractivity contribution in [3.63, 3.8) is 0 Å². The van der Waals surface area contributed by atoms with Gasteiger partial charge in [-0.05, 0) is 54.3 Å². The predicted molar refractivity (Wildman–Crippen MR) is 127 cm³/mol. The van der Waals surface area contributed by atoms with Crippen LogP contribution in [0.25, 0.3) is 6.08 Å². The number of rotatable bonds is 6. The van der Waals surface area contributed by atoms with Crippen molar-refractivity contribution in [3.8, 4) is 11.5 Å². The Morgan fingerprint density at radius 3 is 2.33 bits per heavy atom. The third kappa shape index (κ3) is 5.75. The van der Waals surface area contributed by atoms with Crippen molar-refractivity contribution in [1.29, 1.82) is 0 Å². The van der Waals surface area contributed by atoms with Gasteiger partial charge in [-0.2, -0.15) is 4.31 Å². The number of hydrogen-bond acceptors (Lipinski definition) is 5. The van der Waals surface area contributed by atoms with Crippen LogP contribution in [-0.4, -0.2) is 56.9 Å². The van der Waals surface area contributed by atoms with Crippen LogP contribution in [0.2, 0.25) is 0 Å². The molecule has 0 N–H and O–H groups in total. The first-order valence-electron chi connectivity index (χ1n) is 11.4. The van der Waals surface area contributed by atoms with Crippen molar-refractivity contribution in [2.75, 3.05) is 33.4 Å². The Kier molecular flexibility index (Phi) is 7.35. The molecule has 1 saturated heterocycles. The van der Waals surface area contributed by atoms with Crippen LogP contribution < -0.4 is 9.47 Å². The number of sulfonamides is 1. The molecule has 176 valence electrons. The molecule has 0 aliphatic carbocycles. The molecule has 0 spiro atoms. The van der Waals surface area contributed by atoms with Crippen LogP contribution in [0.5, 0.6) is 11.5 Å². The van der Waals surface area contributed by atoms with Gasteiger partial charge in [-0.25, -0.2) is 8.42 Å². The summed E-state index contributed by atoms with van der Waals surface area (Å²) in [7, 11) is -1.74. The van der Waals surface area contributed by atoms with E-state index in [0.717, 1.165) is 42.6 Å². The average molecular weight is 471 g/mol. The van der Waals surface area contributed by atoms with Crippen LogP contribution in [0.4, 0.5) is 0 Å². The molecule has 2 heterocycles. The molecule has 0 aromatic heterocycles. The van der Waals surface area contributed by atoms with Crippen molar-refractivity contribution in [3.05, 3.63) is 59.7 Å². The minimum absolute atomic E-state index is 0.147. The van der Waals surface area contributed by atoms with Crippen LogP contribution in [0.1, 0.15) is 36.8 Å². The largest absolute Gasteiger partial charge is 0.486 e. The first kappa shape index (κ1) is 23.3. The zero-order chi connectivity index (χ0) is 23.3. The van der Waals surface area contributed by atoms with Gasteiger partial charge in [0.1, 0.15) is 13.2 Å². The molecule has 0 unspecified atom stereocenters. The Hall–Kier alpha value is -2.84. The van der Waals surface area contributed by atoms with Crippen molar-refractivity contribution < 1.29 is 22.7 Å². The SMILES string of the molecule is CN(Cc1ccc2c(c1)OCCO2)C(=O)/C=C/c1ccc(S(=O)(=O)N2CCCCCC2)cc1. The molecule has 0 atom stereocenters. The van der Waals surface area contributed by atoms with Gasteiger partial charge in [0.25, 0.3) is 0 Å². The van der Waals surface area contributed by atoms with Crippen molar-refractivity contribution in [2.24, 2.45) is 0 Å². The van der Waals surface area contributed by atoms with Crippen molar-refractivity contribution in [1.82, 2.24) is 9.21 Å². The van der Waals surface area contributed by atoms with E-state index in [-0.39, 0.29) is 5.91 Å². The molecule has 1 fully saturated rings. The molecule has 7 nitrogen and oxygen atoms in total. The van der Waals surface area contributed by atoms with Crippen LogP contribution in [0.3, 0.4) is 0 Å². The maximum Gasteiger partial charge on any atom is 0.246 e. The summed E-state index contributed by atoms with van der Waals surface area (Å²) >= 11 is 0. The van der Waals surface area contributed by atoms with E-state index in [1.54, 1.807) is 46.6 Å². The fraction of sp³-hybridized carbons (Fsp3) is 0.400. The fourth-order valence-electron chi connectivity index (χ4n) is 4.01. The summed E-state index contributed by atoms with van der Waals surface area (Å²) in [5, 5.41) is 0. The summed E-state index contributed by atoms with van der Waals surface area (Å²) in [6, 6.07) is 12.4. The van der Waals surface area contributed by atoms with E-state index in [9.17, 15) is 13.2 Å². The fourth-order valence-corrected chi connectivity index (χ4v) is 5.53. The molecule has 2 aromatic carbocycles. The maximum atomic E-state index is 12.9. The summed E-state index contributed by atoms with van der Waals surface area (Å²) in [6.45, 7) is 2.65. The lowest BCUT2D eigenvalue weighted by Gasteiger charge is -2.20. The zero-order valence-electron chi connectivity index (χ0n) is 18.9. The number of hydrogen-bond donors (Lipinski definition) is 0. The summed E-state index contributed by atoms with van der Waals surface area (Å²) in [5.74, 6) is 1.27. The number of nitrogens with zero attached hydrogens (tertiary/aromatic N) is 2. The van der Waals surface area contributed by atoms with Gasteiger partial charge in [-0.1, -0.05) is 31.0 Å². The predicted octanol–water partition coefficient (Wildman–Crippen LogP) is 3.69. The highest BCUT2D eigenvalue weighted by Crippen LogP contribution is 2.31. The molecule has 0 radical (unpaired) electrons. The van der Waals surface area contributed by atoms with Gasteiger partial charge in [-0.3, -0.25) is 4.79 Å². The molecule has 2 aliphatic rings. The third-order valence-electron chi connectivity index (χ3n) is 5.90. The van der Waals surface area contributed by atoms with E-state index in [1.807, 2.05) is 18.2 Å². The smallest absolute Gasteiger partial charge is 0.246 e. The Balaban J connectivity index is 1.36. The first-order chi connectivity index (χ1) is 15.9. The maximum absolute atomic E-state index is 12.9. The van der Waals surface area contributed by atoms with Gasteiger partial charge in [0.05, 0.1) is 4.90 Å². The van der Waals surface area contributed by atoms with Gasteiger partial charge >= 0.3 is 0 Å². The van der Waals surface area contributed by atoms with Crippen LogP contribution in [-0.2, 0) is 21.4 Å². The summed E-state index contributed by atoms with van der Waals surface area (Å²) in [4.78, 5) is 14.5. The Labute approximate surface area is 195 Å². The van der Waals surface area contributed by atoms with Crippen molar-refractivity contribution >= 4 is 22.0 Å². The van der Waals surface area contributed by atoms with Crippen LogP contribution in [0.15, 0.2) is 53.4 Å². The lowest BCUT2D eigenvalue weighted by Crippen LogP contribution is -2.31. The van der Waals surface area contributed by atoms with E-state index in [4.69, 9.17) is 9.47 Å². The summed E-state index contributed by atoms with van der Waals surface area (Å²) < 4.78 is 38.5. The second-order valence-electron chi connectivity index (χ2n) is 8.39. The minimum Gasteiger partial charge on any atom is -0.486 e. The molecule has 33 heavy (non-hydrogen) atoms. The molecule has 2 aliphatic heterocycles. The lowest BCUT2D eigenvalue weighted by molar-refractivity contribution is -0.125. The van der Waals surface area contributed by atoms with Gasteiger partial charge in [0, 0.05) is 32.8 Å². The van der Waals surface area contributed by atoms with E-state index in [2.05, 4.69) is 0 Å². The molecular weight excluding hydrogens is 440 g/mol. The minimum atomic E-state index is -3.47. The highest BCUT2D eigenvalue weighted by molar-refractivity contribution is 7.89. The Morgan fingerprint density at radius 2 is 1.64 bits per heavy atom. The quantitative estimate of drug-likeness (QED) is 0.602. The molecule has 1 amide bonds. The molecular formula is C25H30N2O5S. The zero-order valence-corrected chi connectivity index (χ0v) is 19.7. The van der Waals surface area contributed by atoms with Gasteiger partial charge in [-0.15, -0.1) is 0 Å². The summed E-state index contributed by atoms with van der Waals surface area (Å²) in [6.07, 6.45) is 7.16. The summed E-state index contributed by atoms with van der Waals surface area (Å²) in [5.41, 5.74) is 1.72. The molecule has 2 aromatic rings. The van der Waals surface area contributed by atoms with Crippen LogP contribution >= 0.6 is 0 Å². The number of amides is 1. The monoisotopic (exact) mass is 470 g/mol. The van der Waals surface area contributed by atoms with E-state index < -0.39 is 10.0 Å². The van der Waals surface area contributed by atoms with E-state index >= 15 is 0 Å². The van der Waals surface area contributed by atoms with Crippen molar-refractivity contribution in [2.45, 2.75) is 37.1 Å².